The number of rotatable bonds is 9. The summed E-state index contributed by atoms with van der Waals surface area (Å²) >= 11 is 0. The maximum Gasteiger partial charge on any atom is 0.293 e. The first-order valence-corrected chi connectivity index (χ1v) is 14.2. The average molecular weight is 545 g/mol. The van der Waals surface area contributed by atoms with Gasteiger partial charge in [0.05, 0.1) is 14.7 Å². The van der Waals surface area contributed by atoms with Gasteiger partial charge in [-0.05, 0) is 55.3 Å². The molecule has 1 heterocycles. The molecule has 11 nitrogen and oxygen atoms in total. The topological polar surface area (TPSA) is 147 Å². The minimum atomic E-state index is -4.35. The third-order valence-corrected chi connectivity index (χ3v) is 9.49. The summed E-state index contributed by atoms with van der Waals surface area (Å²) in [6, 6.07) is 18.1. The van der Waals surface area contributed by atoms with Crippen molar-refractivity contribution in [3.63, 3.8) is 0 Å². The lowest BCUT2D eigenvalue weighted by Gasteiger charge is -2.24. The quantitative estimate of drug-likeness (QED) is 0.321. The van der Waals surface area contributed by atoms with Crippen molar-refractivity contribution in [1.29, 1.82) is 0 Å². The minimum Gasteiger partial charge on any atom is -0.325 e. The van der Waals surface area contributed by atoms with Crippen LogP contribution in [0.2, 0.25) is 0 Å². The van der Waals surface area contributed by atoms with Crippen LogP contribution in [0.3, 0.4) is 0 Å². The van der Waals surface area contributed by atoms with Crippen molar-refractivity contribution in [2.45, 2.75) is 22.6 Å². The van der Waals surface area contributed by atoms with Gasteiger partial charge in [-0.25, -0.2) is 21.1 Å². The number of amides is 1. The Bertz CT molecular complexity index is 1500. The molecule has 3 aromatic carbocycles. The number of hydrogen-bond donors (Lipinski definition) is 1. The Kier molecular flexibility index (Phi) is 7.57. The fraction of sp³-hybridized carbons (Fsp3) is 0.208. The van der Waals surface area contributed by atoms with Crippen LogP contribution < -0.4 is 9.62 Å². The molecular formula is C24H24N4O7S2. The van der Waals surface area contributed by atoms with E-state index in [4.69, 9.17) is 0 Å². The van der Waals surface area contributed by atoms with E-state index in [1.165, 1.54) is 71.0 Å². The first-order valence-electron chi connectivity index (χ1n) is 11.3. The number of para-hydroxylation sites is 2. The van der Waals surface area contributed by atoms with E-state index in [2.05, 4.69) is 5.32 Å². The molecule has 1 aliphatic heterocycles. The standard InChI is InChI=1S/C24H24N4O7S2/c29-24(25-19-12-14-21(15-13-19)36(32,33)26-16-6-7-17-26)18-27(22-10-4-5-11-23(22)28(30)31)37(34,35)20-8-2-1-3-9-20/h1-5,8-15H,6-7,16-18H2,(H,25,29). The summed E-state index contributed by atoms with van der Waals surface area (Å²) in [5.74, 6) is -0.771. The Hall–Kier alpha value is -3.81. The number of nitro groups is 1. The molecule has 0 aliphatic carbocycles. The van der Waals surface area contributed by atoms with Crippen LogP contribution in [0.5, 0.6) is 0 Å². The molecule has 0 unspecified atom stereocenters. The summed E-state index contributed by atoms with van der Waals surface area (Å²) in [4.78, 5) is 23.8. The van der Waals surface area contributed by atoms with Gasteiger partial charge in [0.2, 0.25) is 15.9 Å². The molecule has 0 atom stereocenters. The van der Waals surface area contributed by atoms with Crippen LogP contribution in [0.15, 0.2) is 88.7 Å². The molecule has 0 aromatic heterocycles. The van der Waals surface area contributed by atoms with Crippen LogP contribution in [-0.4, -0.2) is 51.6 Å². The molecule has 1 saturated heterocycles. The number of sulfonamides is 2. The second-order valence-electron chi connectivity index (χ2n) is 8.25. The fourth-order valence-corrected chi connectivity index (χ4v) is 6.94. The van der Waals surface area contributed by atoms with Crippen molar-refractivity contribution in [3.05, 3.63) is 89.0 Å². The van der Waals surface area contributed by atoms with E-state index < -0.39 is 43.1 Å². The normalized spacial score (nSPS) is 14.3. The zero-order chi connectivity index (χ0) is 26.6. The Balaban J connectivity index is 1.60. The molecule has 0 radical (unpaired) electrons. The lowest BCUT2D eigenvalue weighted by molar-refractivity contribution is -0.384. The van der Waals surface area contributed by atoms with Crippen LogP contribution in [-0.2, 0) is 24.8 Å². The van der Waals surface area contributed by atoms with Gasteiger partial charge in [-0.3, -0.25) is 14.9 Å². The van der Waals surface area contributed by atoms with E-state index in [0.29, 0.717) is 17.4 Å². The van der Waals surface area contributed by atoms with Gasteiger partial charge >= 0.3 is 0 Å². The molecular weight excluding hydrogens is 520 g/mol. The number of nitro benzene ring substituents is 1. The third kappa shape index (κ3) is 5.63. The SMILES string of the molecule is O=C(CN(c1ccccc1[N+](=O)[O-])S(=O)(=O)c1ccccc1)Nc1ccc(S(=O)(=O)N2CCCC2)cc1. The van der Waals surface area contributed by atoms with Crippen molar-refractivity contribution < 1.29 is 26.6 Å². The number of nitrogens with zero attached hydrogens (tertiary/aromatic N) is 3. The molecule has 3 aromatic rings. The van der Waals surface area contributed by atoms with Crippen LogP contribution >= 0.6 is 0 Å². The zero-order valence-electron chi connectivity index (χ0n) is 19.6. The molecule has 13 heteroatoms. The van der Waals surface area contributed by atoms with E-state index >= 15 is 0 Å². The predicted octanol–water partition coefficient (Wildman–Crippen LogP) is 3.21. The highest BCUT2D eigenvalue weighted by atomic mass is 32.2. The molecule has 194 valence electrons. The number of anilines is 2. The number of hydrogen-bond acceptors (Lipinski definition) is 7. The monoisotopic (exact) mass is 544 g/mol. The second kappa shape index (κ2) is 10.7. The van der Waals surface area contributed by atoms with E-state index in [0.717, 1.165) is 18.9 Å². The summed E-state index contributed by atoms with van der Waals surface area (Å²) in [7, 11) is -7.98. The van der Waals surface area contributed by atoms with Gasteiger partial charge in [-0.2, -0.15) is 4.31 Å². The van der Waals surface area contributed by atoms with Gasteiger partial charge in [0.1, 0.15) is 12.2 Å². The van der Waals surface area contributed by atoms with Gasteiger partial charge in [0.15, 0.2) is 0 Å². The van der Waals surface area contributed by atoms with Gasteiger partial charge < -0.3 is 5.32 Å². The highest BCUT2D eigenvalue weighted by molar-refractivity contribution is 7.93. The predicted molar refractivity (Wildman–Crippen MR) is 137 cm³/mol. The van der Waals surface area contributed by atoms with Gasteiger partial charge in [0.25, 0.3) is 15.7 Å². The van der Waals surface area contributed by atoms with Crippen molar-refractivity contribution in [3.8, 4) is 0 Å². The summed E-state index contributed by atoms with van der Waals surface area (Å²) in [5.41, 5.74) is -0.505. The smallest absolute Gasteiger partial charge is 0.293 e. The maximum absolute atomic E-state index is 13.4. The van der Waals surface area contributed by atoms with Crippen molar-refractivity contribution in [2.75, 3.05) is 29.3 Å². The van der Waals surface area contributed by atoms with E-state index in [1.807, 2.05) is 0 Å². The molecule has 0 saturated carbocycles. The third-order valence-electron chi connectivity index (χ3n) is 5.81. The lowest BCUT2D eigenvalue weighted by atomic mass is 10.2. The summed E-state index contributed by atoms with van der Waals surface area (Å²) < 4.78 is 54.4. The number of nitrogens with one attached hydrogen (secondary N) is 1. The highest BCUT2D eigenvalue weighted by Gasteiger charge is 2.32. The van der Waals surface area contributed by atoms with Gasteiger partial charge in [0, 0.05) is 24.8 Å². The van der Waals surface area contributed by atoms with Crippen molar-refractivity contribution >= 4 is 43.0 Å². The van der Waals surface area contributed by atoms with Gasteiger partial charge in [-0.1, -0.05) is 30.3 Å². The highest BCUT2D eigenvalue weighted by Crippen LogP contribution is 2.32. The van der Waals surface area contributed by atoms with Crippen molar-refractivity contribution in [1.82, 2.24) is 4.31 Å². The first kappa shape index (κ1) is 26.3. The Morgan fingerprint density at radius 3 is 2.08 bits per heavy atom. The summed E-state index contributed by atoms with van der Waals surface area (Å²) in [6.07, 6.45) is 1.60. The molecule has 1 amide bonds. The molecule has 37 heavy (non-hydrogen) atoms. The van der Waals surface area contributed by atoms with Gasteiger partial charge in [-0.15, -0.1) is 0 Å². The van der Waals surface area contributed by atoms with E-state index in [1.54, 1.807) is 6.07 Å². The number of carbonyl (C=O) groups excluding carboxylic acids is 1. The number of benzene rings is 3. The van der Waals surface area contributed by atoms with Crippen LogP contribution in [0, 0.1) is 10.1 Å². The molecule has 0 bridgehead atoms. The zero-order valence-corrected chi connectivity index (χ0v) is 21.2. The Labute approximate surface area is 214 Å². The number of carbonyl (C=O) groups is 1. The fourth-order valence-electron chi connectivity index (χ4n) is 3.97. The van der Waals surface area contributed by atoms with Crippen LogP contribution in [0.25, 0.3) is 0 Å². The average Bonchev–Trinajstić information content (AvgIpc) is 3.44. The summed E-state index contributed by atoms with van der Waals surface area (Å²) in [5, 5.41) is 14.1. The molecule has 1 N–H and O–H groups in total. The Morgan fingerprint density at radius 1 is 0.865 bits per heavy atom. The molecule has 4 rings (SSSR count). The minimum absolute atomic E-state index is 0.0839. The summed E-state index contributed by atoms with van der Waals surface area (Å²) in [6.45, 7) is 0.159. The maximum atomic E-state index is 13.4. The van der Waals surface area contributed by atoms with Crippen LogP contribution in [0.1, 0.15) is 12.8 Å². The van der Waals surface area contributed by atoms with Crippen molar-refractivity contribution in [2.24, 2.45) is 0 Å². The second-order valence-corrected chi connectivity index (χ2v) is 12.1. The molecule has 1 fully saturated rings. The lowest BCUT2D eigenvalue weighted by Crippen LogP contribution is -2.38. The molecule has 0 spiro atoms. The van der Waals surface area contributed by atoms with Crippen LogP contribution in [0.4, 0.5) is 17.1 Å². The van der Waals surface area contributed by atoms with E-state index in [9.17, 15) is 31.7 Å². The molecule has 1 aliphatic rings. The first-order chi connectivity index (χ1) is 17.6. The van der Waals surface area contributed by atoms with E-state index in [-0.39, 0.29) is 21.2 Å². The Morgan fingerprint density at radius 2 is 1.46 bits per heavy atom. The largest absolute Gasteiger partial charge is 0.325 e.